The van der Waals surface area contributed by atoms with Crippen LogP contribution in [0.15, 0.2) is 35.5 Å². The lowest BCUT2D eigenvalue weighted by Crippen LogP contribution is -2.45. The summed E-state index contributed by atoms with van der Waals surface area (Å²) < 4.78 is 5.63. The van der Waals surface area contributed by atoms with Crippen LogP contribution in [0, 0.1) is 23.2 Å². The first-order valence-electron chi connectivity index (χ1n) is 14.0. The fourth-order valence-corrected chi connectivity index (χ4v) is 7.13. The van der Waals surface area contributed by atoms with Gasteiger partial charge in [-0.3, -0.25) is 0 Å². The van der Waals surface area contributed by atoms with Crippen LogP contribution in [-0.4, -0.2) is 68.8 Å². The smallest absolute Gasteiger partial charge is 0.114 e. The third kappa shape index (κ3) is 6.51. The SMILES string of the molecule is C=C1C(=CC=C2CCC[C@]3(C)[C@@H]([C@H](C)CC[C@H](O)C(C)(C)O)CC[C@@H]23)C[C@@H](O)[C@@H](OCCCO)[C@@H]1O. The van der Waals surface area contributed by atoms with Crippen LogP contribution in [0.5, 0.6) is 0 Å². The average Bonchev–Trinajstić information content (AvgIpc) is 3.17. The first kappa shape index (κ1) is 29.5. The van der Waals surface area contributed by atoms with Gasteiger partial charge in [-0.2, -0.15) is 0 Å². The molecule has 0 amide bonds. The molecule has 0 aromatic carbocycles. The molecule has 0 unspecified atom stereocenters. The maximum absolute atomic E-state index is 10.7. The Hall–Kier alpha value is -1.02. The molecule has 36 heavy (non-hydrogen) atoms. The van der Waals surface area contributed by atoms with Crippen molar-refractivity contribution in [1.82, 2.24) is 0 Å². The summed E-state index contributed by atoms with van der Waals surface area (Å²) in [6, 6.07) is 0. The van der Waals surface area contributed by atoms with E-state index in [9.17, 15) is 20.4 Å². The molecule has 0 bridgehead atoms. The molecular formula is C30H50O6. The topological polar surface area (TPSA) is 110 Å². The van der Waals surface area contributed by atoms with E-state index in [-0.39, 0.29) is 12.0 Å². The summed E-state index contributed by atoms with van der Waals surface area (Å²) in [6.07, 6.45) is 9.31. The number of allylic oxidation sites excluding steroid dienone is 3. The highest BCUT2D eigenvalue weighted by Crippen LogP contribution is 2.60. The lowest BCUT2D eigenvalue weighted by molar-refractivity contribution is -0.0968. The molecule has 3 aliphatic carbocycles. The maximum Gasteiger partial charge on any atom is 0.114 e. The van der Waals surface area contributed by atoms with Crippen molar-refractivity contribution in [3.05, 3.63) is 35.5 Å². The number of rotatable bonds is 10. The number of aliphatic hydroxyl groups is 5. The Morgan fingerprint density at radius 3 is 2.58 bits per heavy atom. The highest BCUT2D eigenvalue weighted by molar-refractivity contribution is 5.40. The van der Waals surface area contributed by atoms with Crippen LogP contribution < -0.4 is 0 Å². The Kier molecular flexibility index (Phi) is 10.0. The van der Waals surface area contributed by atoms with Gasteiger partial charge in [-0.1, -0.05) is 38.2 Å². The molecule has 0 aromatic heterocycles. The Morgan fingerprint density at radius 1 is 1.19 bits per heavy atom. The van der Waals surface area contributed by atoms with E-state index >= 15 is 0 Å². The fraction of sp³-hybridized carbons (Fsp3) is 0.800. The van der Waals surface area contributed by atoms with Gasteiger partial charge in [-0.25, -0.2) is 0 Å². The van der Waals surface area contributed by atoms with Crippen molar-refractivity contribution in [2.45, 2.75) is 115 Å². The standard InChI is InChI=1S/C30H50O6/c1-19(9-14-26(33)29(3,4)35)23-12-13-24-21(8-6-15-30(23,24)5)10-11-22-18-25(32)28(27(34)20(22)2)36-17-7-16-31/h10-11,19,23-28,31-35H,2,6-9,12-18H2,1,3-5H3/t19-,23-,24+,25-,26+,27-,28-,30-/m1/s1. The molecule has 6 nitrogen and oxygen atoms in total. The molecule has 3 rings (SSSR count). The van der Waals surface area contributed by atoms with Gasteiger partial charge in [0.05, 0.1) is 17.8 Å². The number of ether oxygens (including phenoxy) is 1. The lowest BCUT2D eigenvalue weighted by atomic mass is 9.60. The predicted octanol–water partition coefficient (Wildman–Crippen LogP) is 4.05. The molecule has 0 spiro atoms. The van der Waals surface area contributed by atoms with E-state index in [0.717, 1.165) is 24.8 Å². The molecule has 0 saturated heterocycles. The van der Waals surface area contributed by atoms with E-state index in [0.29, 0.717) is 49.2 Å². The summed E-state index contributed by atoms with van der Waals surface area (Å²) in [5.41, 5.74) is 2.11. The molecule has 0 aromatic rings. The molecule has 5 N–H and O–H groups in total. The van der Waals surface area contributed by atoms with Crippen LogP contribution >= 0.6 is 0 Å². The second-order valence-electron chi connectivity index (χ2n) is 12.4. The summed E-state index contributed by atoms with van der Waals surface area (Å²) in [4.78, 5) is 0. The maximum atomic E-state index is 10.7. The largest absolute Gasteiger partial charge is 0.396 e. The highest BCUT2D eigenvalue weighted by atomic mass is 16.5. The van der Waals surface area contributed by atoms with Gasteiger partial charge >= 0.3 is 0 Å². The van der Waals surface area contributed by atoms with Gasteiger partial charge in [0.2, 0.25) is 0 Å². The Labute approximate surface area is 217 Å². The van der Waals surface area contributed by atoms with Crippen LogP contribution in [0.25, 0.3) is 0 Å². The minimum atomic E-state index is -1.06. The zero-order valence-corrected chi connectivity index (χ0v) is 22.8. The molecule has 8 atom stereocenters. The van der Waals surface area contributed by atoms with Crippen LogP contribution in [0.2, 0.25) is 0 Å². The summed E-state index contributed by atoms with van der Waals surface area (Å²) in [5.74, 6) is 1.61. The van der Waals surface area contributed by atoms with Crippen molar-refractivity contribution in [2.24, 2.45) is 23.2 Å². The van der Waals surface area contributed by atoms with E-state index in [1.165, 1.54) is 24.8 Å². The minimum absolute atomic E-state index is 0.0150. The lowest BCUT2D eigenvalue weighted by Gasteiger charge is -2.44. The summed E-state index contributed by atoms with van der Waals surface area (Å²) >= 11 is 0. The van der Waals surface area contributed by atoms with Crippen molar-refractivity contribution in [3.8, 4) is 0 Å². The molecule has 206 valence electrons. The van der Waals surface area contributed by atoms with E-state index in [1.54, 1.807) is 13.8 Å². The molecule has 0 heterocycles. The van der Waals surface area contributed by atoms with Crippen molar-refractivity contribution >= 4 is 0 Å². The van der Waals surface area contributed by atoms with Crippen LogP contribution in [0.4, 0.5) is 0 Å². The normalized spacial score (nSPS) is 37.4. The van der Waals surface area contributed by atoms with Gasteiger partial charge in [0.1, 0.15) is 12.2 Å². The molecule has 3 saturated carbocycles. The minimum Gasteiger partial charge on any atom is -0.396 e. The van der Waals surface area contributed by atoms with E-state index in [1.807, 2.05) is 0 Å². The number of hydrogen-bond donors (Lipinski definition) is 5. The number of hydrogen-bond acceptors (Lipinski definition) is 6. The van der Waals surface area contributed by atoms with Gasteiger partial charge in [-0.05, 0) is 99.5 Å². The van der Waals surface area contributed by atoms with E-state index < -0.39 is 30.0 Å². The third-order valence-corrected chi connectivity index (χ3v) is 9.44. The van der Waals surface area contributed by atoms with Gasteiger partial charge in [0, 0.05) is 19.6 Å². The average molecular weight is 507 g/mol. The molecule has 0 aliphatic heterocycles. The van der Waals surface area contributed by atoms with Gasteiger partial charge in [-0.15, -0.1) is 0 Å². The monoisotopic (exact) mass is 506 g/mol. The summed E-state index contributed by atoms with van der Waals surface area (Å²) in [6.45, 7) is 12.5. The van der Waals surface area contributed by atoms with Crippen LogP contribution in [-0.2, 0) is 4.74 Å². The quantitative estimate of drug-likeness (QED) is 0.286. The molecule has 3 aliphatic rings. The first-order valence-corrected chi connectivity index (χ1v) is 14.0. The number of aliphatic hydroxyl groups excluding tert-OH is 4. The predicted molar refractivity (Wildman–Crippen MR) is 142 cm³/mol. The number of fused-ring (bicyclic) bond motifs is 1. The van der Waals surface area contributed by atoms with Gasteiger partial charge in [0.15, 0.2) is 0 Å². The second kappa shape index (κ2) is 12.2. The van der Waals surface area contributed by atoms with Gasteiger partial charge in [0.25, 0.3) is 0 Å². The zero-order chi connectivity index (χ0) is 26.7. The van der Waals surface area contributed by atoms with E-state index in [2.05, 4.69) is 32.6 Å². The van der Waals surface area contributed by atoms with Crippen LogP contribution in [0.3, 0.4) is 0 Å². The van der Waals surface area contributed by atoms with Gasteiger partial charge < -0.3 is 30.3 Å². The summed E-state index contributed by atoms with van der Waals surface area (Å²) in [5, 5.41) is 50.7. The van der Waals surface area contributed by atoms with Crippen molar-refractivity contribution < 1.29 is 30.3 Å². The van der Waals surface area contributed by atoms with Crippen molar-refractivity contribution in [1.29, 1.82) is 0 Å². The Balaban J connectivity index is 1.68. The Morgan fingerprint density at radius 2 is 1.92 bits per heavy atom. The molecule has 6 heteroatoms. The molecule has 3 fully saturated rings. The third-order valence-electron chi connectivity index (χ3n) is 9.44. The highest BCUT2D eigenvalue weighted by Gasteiger charge is 2.50. The van der Waals surface area contributed by atoms with Crippen molar-refractivity contribution in [3.63, 3.8) is 0 Å². The summed E-state index contributed by atoms with van der Waals surface area (Å²) in [7, 11) is 0. The van der Waals surface area contributed by atoms with Crippen molar-refractivity contribution in [2.75, 3.05) is 13.2 Å². The van der Waals surface area contributed by atoms with E-state index in [4.69, 9.17) is 9.84 Å². The fourth-order valence-electron chi connectivity index (χ4n) is 7.13. The molecule has 0 radical (unpaired) electrons. The first-order chi connectivity index (χ1) is 16.9. The Bertz CT molecular complexity index is 811. The second-order valence-corrected chi connectivity index (χ2v) is 12.4. The molecular weight excluding hydrogens is 456 g/mol. The van der Waals surface area contributed by atoms with Crippen LogP contribution in [0.1, 0.15) is 85.5 Å². The zero-order valence-electron chi connectivity index (χ0n) is 22.8.